The van der Waals surface area contributed by atoms with Crippen LogP contribution in [0.3, 0.4) is 0 Å². The van der Waals surface area contributed by atoms with Gasteiger partial charge in [0.2, 0.25) is 5.91 Å². The van der Waals surface area contributed by atoms with Gasteiger partial charge in [-0.05, 0) is 57.6 Å². The van der Waals surface area contributed by atoms with E-state index in [0.29, 0.717) is 29.1 Å². The Morgan fingerprint density at radius 3 is 2.52 bits per heavy atom. The molecule has 1 aromatic heterocycles. The summed E-state index contributed by atoms with van der Waals surface area (Å²) in [5, 5.41) is 3.83. The summed E-state index contributed by atoms with van der Waals surface area (Å²) in [6.45, 7) is 12.1. The third kappa shape index (κ3) is 6.68. The van der Waals surface area contributed by atoms with E-state index in [1.54, 1.807) is 4.57 Å². The summed E-state index contributed by atoms with van der Waals surface area (Å²) in [7, 11) is 0. The van der Waals surface area contributed by atoms with Crippen molar-refractivity contribution >= 4 is 28.6 Å². The lowest BCUT2D eigenvalue weighted by Gasteiger charge is -2.20. The second kappa shape index (κ2) is 12.0. The van der Waals surface area contributed by atoms with Crippen LogP contribution in [0.1, 0.15) is 38.3 Å². The van der Waals surface area contributed by atoms with Crippen LogP contribution in [0.25, 0.3) is 10.9 Å². The fraction of sp³-hybridized carbons (Fsp3) is 0.423. The van der Waals surface area contributed by atoms with E-state index in [1.807, 2.05) is 62.4 Å². The minimum Gasteiger partial charge on any atom is -0.351 e. The van der Waals surface area contributed by atoms with E-state index in [-0.39, 0.29) is 16.7 Å². The topological polar surface area (TPSA) is 67.2 Å². The van der Waals surface area contributed by atoms with Crippen LogP contribution in [0, 0.1) is 6.92 Å². The van der Waals surface area contributed by atoms with Gasteiger partial charge in [-0.25, -0.2) is 4.98 Å². The molecule has 1 atom stereocenters. The largest absolute Gasteiger partial charge is 0.351 e. The van der Waals surface area contributed by atoms with Gasteiger partial charge in [0.05, 0.1) is 16.2 Å². The first kappa shape index (κ1) is 25.0. The average Bonchev–Trinajstić information content (AvgIpc) is 2.83. The number of hydrogen-bond acceptors (Lipinski definition) is 5. The van der Waals surface area contributed by atoms with Crippen LogP contribution in [0.4, 0.5) is 0 Å². The van der Waals surface area contributed by atoms with E-state index in [9.17, 15) is 9.59 Å². The molecule has 0 saturated heterocycles. The van der Waals surface area contributed by atoms with Crippen molar-refractivity contribution < 1.29 is 4.79 Å². The monoisotopic (exact) mass is 466 g/mol. The summed E-state index contributed by atoms with van der Waals surface area (Å²) in [5.74, 6) is -0.0716. The highest BCUT2D eigenvalue weighted by Crippen LogP contribution is 2.23. The lowest BCUT2D eigenvalue weighted by molar-refractivity contribution is -0.120. The highest BCUT2D eigenvalue weighted by atomic mass is 32.2. The summed E-state index contributed by atoms with van der Waals surface area (Å²) in [6, 6.07) is 15.5. The van der Waals surface area contributed by atoms with E-state index in [2.05, 4.69) is 24.1 Å². The molecule has 2 aromatic carbocycles. The number of hydrogen-bond donors (Lipinski definition) is 1. The second-order valence-corrected chi connectivity index (χ2v) is 9.52. The van der Waals surface area contributed by atoms with Crippen molar-refractivity contribution in [2.75, 3.05) is 19.6 Å². The molecule has 0 radical (unpaired) electrons. The third-order valence-electron chi connectivity index (χ3n) is 5.82. The van der Waals surface area contributed by atoms with Gasteiger partial charge >= 0.3 is 0 Å². The van der Waals surface area contributed by atoms with Crippen LogP contribution >= 0.6 is 11.8 Å². The first-order chi connectivity index (χ1) is 15.9. The summed E-state index contributed by atoms with van der Waals surface area (Å²) in [5.41, 5.74) is 2.87. The van der Waals surface area contributed by atoms with Crippen molar-refractivity contribution in [1.82, 2.24) is 19.8 Å². The summed E-state index contributed by atoms with van der Waals surface area (Å²) in [6.07, 6.45) is 0.850. The molecule has 1 N–H and O–H groups in total. The van der Waals surface area contributed by atoms with Crippen LogP contribution in [-0.2, 0) is 17.9 Å². The molecular formula is C26H34N4O2S. The summed E-state index contributed by atoms with van der Waals surface area (Å²) >= 11 is 1.34. The minimum absolute atomic E-state index is 0.0464. The number of aromatic nitrogens is 2. The number of carbonyl (C=O) groups is 1. The predicted molar refractivity (Wildman–Crippen MR) is 137 cm³/mol. The molecule has 176 valence electrons. The molecule has 7 heteroatoms. The van der Waals surface area contributed by atoms with E-state index < -0.39 is 0 Å². The van der Waals surface area contributed by atoms with Crippen molar-refractivity contribution in [1.29, 1.82) is 0 Å². The molecular weight excluding hydrogens is 432 g/mol. The van der Waals surface area contributed by atoms with Crippen molar-refractivity contribution in [3.05, 3.63) is 70.0 Å². The van der Waals surface area contributed by atoms with Crippen molar-refractivity contribution in [3.63, 3.8) is 0 Å². The molecule has 0 aliphatic carbocycles. The van der Waals surface area contributed by atoms with Crippen LogP contribution in [-0.4, -0.2) is 45.2 Å². The van der Waals surface area contributed by atoms with Crippen LogP contribution < -0.4 is 10.9 Å². The van der Waals surface area contributed by atoms with Gasteiger partial charge in [0.15, 0.2) is 5.16 Å². The molecule has 0 fully saturated rings. The Morgan fingerprint density at radius 1 is 1.12 bits per heavy atom. The van der Waals surface area contributed by atoms with Gasteiger partial charge in [0.1, 0.15) is 0 Å². The molecule has 1 amide bonds. The fourth-order valence-corrected chi connectivity index (χ4v) is 4.64. The third-order valence-corrected chi connectivity index (χ3v) is 6.91. The smallest absolute Gasteiger partial charge is 0.262 e. The van der Waals surface area contributed by atoms with Crippen molar-refractivity contribution in [2.45, 2.75) is 57.6 Å². The number of benzene rings is 2. The van der Waals surface area contributed by atoms with E-state index in [4.69, 9.17) is 4.98 Å². The van der Waals surface area contributed by atoms with Gasteiger partial charge in [-0.15, -0.1) is 0 Å². The standard InChI is InChI=1S/C26H34N4O2S/c1-5-29(6-2)16-9-17-30-25(32)22-10-7-8-11-23(22)28-26(30)33-20(4)24(31)27-18-21-14-12-19(3)13-15-21/h7-8,10-15,20H,5-6,9,16-18H2,1-4H3,(H,27,31). The molecule has 0 aliphatic heterocycles. The Morgan fingerprint density at radius 2 is 1.82 bits per heavy atom. The first-order valence-corrected chi connectivity index (χ1v) is 12.5. The number of carbonyl (C=O) groups excluding carboxylic acids is 1. The van der Waals surface area contributed by atoms with Gasteiger partial charge in [-0.2, -0.15) is 0 Å². The van der Waals surface area contributed by atoms with Crippen molar-refractivity contribution in [2.24, 2.45) is 0 Å². The number of nitrogens with zero attached hydrogens (tertiary/aromatic N) is 3. The number of rotatable bonds is 11. The predicted octanol–water partition coefficient (Wildman–Crippen LogP) is 4.23. The van der Waals surface area contributed by atoms with Gasteiger partial charge < -0.3 is 10.2 Å². The zero-order chi connectivity index (χ0) is 23.8. The highest BCUT2D eigenvalue weighted by molar-refractivity contribution is 8.00. The molecule has 0 bridgehead atoms. The van der Waals surface area contributed by atoms with E-state index in [0.717, 1.165) is 31.6 Å². The van der Waals surface area contributed by atoms with Gasteiger partial charge in [-0.3, -0.25) is 14.2 Å². The Kier molecular flexibility index (Phi) is 9.09. The lowest BCUT2D eigenvalue weighted by Crippen LogP contribution is -2.32. The van der Waals surface area contributed by atoms with E-state index in [1.165, 1.54) is 17.3 Å². The van der Waals surface area contributed by atoms with E-state index >= 15 is 0 Å². The maximum absolute atomic E-state index is 13.2. The molecule has 1 heterocycles. The number of fused-ring (bicyclic) bond motifs is 1. The normalized spacial score (nSPS) is 12.3. The Bertz CT molecular complexity index is 1120. The molecule has 3 aromatic rings. The van der Waals surface area contributed by atoms with Crippen LogP contribution in [0.2, 0.25) is 0 Å². The van der Waals surface area contributed by atoms with Crippen molar-refractivity contribution in [3.8, 4) is 0 Å². The number of amides is 1. The Balaban J connectivity index is 1.75. The number of aryl methyl sites for hydroxylation is 1. The maximum atomic E-state index is 13.2. The summed E-state index contributed by atoms with van der Waals surface area (Å²) in [4.78, 5) is 33.1. The Labute approximate surface area is 200 Å². The average molecular weight is 467 g/mol. The zero-order valence-corrected chi connectivity index (χ0v) is 20.8. The highest BCUT2D eigenvalue weighted by Gasteiger charge is 2.19. The molecule has 0 aliphatic rings. The second-order valence-electron chi connectivity index (χ2n) is 8.21. The molecule has 33 heavy (non-hydrogen) atoms. The number of thioether (sulfide) groups is 1. The molecule has 0 spiro atoms. The zero-order valence-electron chi connectivity index (χ0n) is 20.0. The fourth-order valence-electron chi connectivity index (χ4n) is 3.68. The van der Waals surface area contributed by atoms with Gasteiger partial charge in [0, 0.05) is 13.1 Å². The quantitative estimate of drug-likeness (QED) is 0.338. The molecule has 3 rings (SSSR count). The lowest BCUT2D eigenvalue weighted by atomic mass is 10.1. The van der Waals surface area contributed by atoms with Crippen LogP contribution in [0.15, 0.2) is 58.5 Å². The first-order valence-electron chi connectivity index (χ1n) is 11.6. The SMILES string of the molecule is CCN(CC)CCCn1c(SC(C)C(=O)NCc2ccc(C)cc2)nc2ccccc2c1=O. The maximum Gasteiger partial charge on any atom is 0.262 e. The number of para-hydroxylation sites is 1. The molecule has 1 unspecified atom stereocenters. The minimum atomic E-state index is -0.377. The summed E-state index contributed by atoms with van der Waals surface area (Å²) < 4.78 is 1.74. The molecule has 0 saturated carbocycles. The van der Waals surface area contributed by atoms with Crippen LogP contribution in [0.5, 0.6) is 0 Å². The van der Waals surface area contributed by atoms with Gasteiger partial charge in [0.25, 0.3) is 5.56 Å². The number of nitrogens with one attached hydrogen (secondary N) is 1. The molecule has 6 nitrogen and oxygen atoms in total. The Hall–Kier alpha value is -2.64. The van der Waals surface area contributed by atoms with Gasteiger partial charge in [-0.1, -0.05) is 67.6 Å².